The van der Waals surface area contributed by atoms with Crippen LogP contribution >= 0.6 is 0 Å². The minimum atomic E-state index is -1.07. The van der Waals surface area contributed by atoms with E-state index in [0.717, 1.165) is 11.3 Å². The highest BCUT2D eigenvalue weighted by atomic mass is 19.1. The smallest absolute Gasteiger partial charge is 0.335 e. The van der Waals surface area contributed by atoms with Crippen molar-refractivity contribution in [1.82, 2.24) is 0 Å². The second-order valence-electron chi connectivity index (χ2n) is 9.02. The molecule has 0 aliphatic carbocycles. The molecule has 1 aliphatic heterocycles. The second-order valence-corrected chi connectivity index (χ2v) is 9.02. The molecule has 0 unspecified atom stereocenters. The summed E-state index contributed by atoms with van der Waals surface area (Å²) in [6.07, 6.45) is 0. The number of carboxylic acids is 1. The molecule has 3 aromatic rings. The molecule has 0 saturated heterocycles. The molecule has 4 rings (SSSR count). The van der Waals surface area contributed by atoms with Gasteiger partial charge in [-0.05, 0) is 62.2 Å². The molecule has 0 aromatic heterocycles. The molecule has 8 heteroatoms. The van der Waals surface area contributed by atoms with Crippen LogP contribution in [0.5, 0.6) is 11.5 Å². The Morgan fingerprint density at radius 3 is 2.51 bits per heavy atom. The zero-order chi connectivity index (χ0) is 25.5. The Kier molecular flexibility index (Phi) is 6.15. The van der Waals surface area contributed by atoms with Crippen molar-refractivity contribution in [2.24, 2.45) is 0 Å². The van der Waals surface area contributed by atoms with Crippen LogP contribution in [0.4, 0.5) is 15.8 Å². The Labute approximate surface area is 203 Å². The number of carbonyl (C=O) groups is 2. The molecule has 0 fully saturated rings. The number of carbonyl (C=O) groups excluding carboxylic acids is 1. The third-order valence-electron chi connectivity index (χ3n) is 6.16. The van der Waals surface area contributed by atoms with Crippen LogP contribution in [0.2, 0.25) is 0 Å². The van der Waals surface area contributed by atoms with Crippen molar-refractivity contribution in [2.75, 3.05) is 24.4 Å². The number of amides is 1. The summed E-state index contributed by atoms with van der Waals surface area (Å²) in [7, 11) is 3.19. The first kappa shape index (κ1) is 24.1. The fourth-order valence-corrected chi connectivity index (χ4v) is 4.36. The van der Waals surface area contributed by atoms with E-state index in [1.165, 1.54) is 31.4 Å². The van der Waals surface area contributed by atoms with Gasteiger partial charge in [-0.15, -0.1) is 0 Å². The molecule has 35 heavy (non-hydrogen) atoms. The maximum absolute atomic E-state index is 13.9. The number of hydrogen-bond donors (Lipinski definition) is 2. The maximum Gasteiger partial charge on any atom is 0.335 e. The largest absolute Gasteiger partial charge is 0.496 e. The Morgan fingerprint density at radius 1 is 1.09 bits per heavy atom. The van der Waals surface area contributed by atoms with E-state index in [-0.39, 0.29) is 18.1 Å². The summed E-state index contributed by atoms with van der Waals surface area (Å²) < 4.78 is 25.5. The van der Waals surface area contributed by atoms with Crippen LogP contribution < -0.4 is 19.7 Å². The molecule has 0 saturated carbocycles. The van der Waals surface area contributed by atoms with Crippen LogP contribution in [0, 0.1) is 12.7 Å². The van der Waals surface area contributed by atoms with Crippen molar-refractivity contribution < 1.29 is 28.6 Å². The Hall–Kier alpha value is -4.07. The van der Waals surface area contributed by atoms with Gasteiger partial charge in [0.15, 0.2) is 0 Å². The lowest BCUT2D eigenvalue weighted by Gasteiger charge is -2.39. The van der Waals surface area contributed by atoms with Gasteiger partial charge < -0.3 is 24.8 Å². The van der Waals surface area contributed by atoms with Gasteiger partial charge in [0, 0.05) is 24.2 Å². The van der Waals surface area contributed by atoms with Crippen LogP contribution in [0.3, 0.4) is 0 Å². The normalized spacial score (nSPS) is 14.2. The SMILES string of the molecule is COc1ccc(C(=O)O)cc1-c1ccc2c(c1COc1cc(F)ccc1C)N(C)C(=O)C(C)(C)N2. The van der Waals surface area contributed by atoms with Gasteiger partial charge in [0.25, 0.3) is 5.91 Å². The number of likely N-dealkylation sites (N-methyl/N-ethyl adjacent to an activating group) is 1. The average molecular weight is 479 g/mol. The number of halogens is 1. The van der Waals surface area contributed by atoms with Crippen LogP contribution in [0.25, 0.3) is 11.1 Å². The topological polar surface area (TPSA) is 88.1 Å². The first-order valence-electron chi connectivity index (χ1n) is 11.1. The molecule has 0 bridgehead atoms. The van der Waals surface area contributed by atoms with Crippen LogP contribution in [-0.2, 0) is 11.4 Å². The van der Waals surface area contributed by atoms with Crippen LogP contribution in [-0.4, -0.2) is 36.7 Å². The molecule has 0 atom stereocenters. The predicted molar refractivity (Wildman–Crippen MR) is 132 cm³/mol. The maximum atomic E-state index is 13.9. The van der Waals surface area contributed by atoms with Gasteiger partial charge in [0.05, 0.1) is 24.0 Å². The van der Waals surface area contributed by atoms with Crippen LogP contribution in [0.15, 0.2) is 48.5 Å². The summed E-state index contributed by atoms with van der Waals surface area (Å²) in [6.45, 7) is 5.42. The van der Waals surface area contributed by atoms with Crippen molar-refractivity contribution in [2.45, 2.75) is 32.9 Å². The molecule has 3 aromatic carbocycles. The van der Waals surface area contributed by atoms with E-state index >= 15 is 0 Å². The standard InChI is InChI=1S/C27H27FN2O5/c1-15-6-8-17(28)13-23(15)35-14-20-18(19-12-16(25(31)32)7-11-22(19)34-5)9-10-21-24(20)30(4)26(33)27(2,3)29-21/h6-13,29H,14H2,1-5H3,(H,31,32). The first-order valence-corrected chi connectivity index (χ1v) is 11.1. The summed E-state index contributed by atoms with van der Waals surface area (Å²) in [5.41, 5.74) is 3.16. The third kappa shape index (κ3) is 4.39. The predicted octanol–water partition coefficient (Wildman–Crippen LogP) is 5.25. The number of carboxylic acid groups (broad SMARTS) is 1. The molecule has 0 spiro atoms. The van der Waals surface area contributed by atoms with Gasteiger partial charge >= 0.3 is 5.97 Å². The van der Waals surface area contributed by atoms with Crippen molar-refractivity contribution in [3.05, 3.63) is 71.0 Å². The minimum absolute atomic E-state index is 0.00296. The molecular formula is C27H27FN2O5. The van der Waals surface area contributed by atoms with E-state index in [1.54, 1.807) is 37.9 Å². The Bertz CT molecular complexity index is 1340. The number of rotatable bonds is 6. The number of benzene rings is 3. The number of fused-ring (bicyclic) bond motifs is 1. The number of methoxy groups -OCH3 is 1. The molecule has 2 N–H and O–H groups in total. The fraction of sp³-hybridized carbons (Fsp3) is 0.259. The first-order chi connectivity index (χ1) is 16.5. The van der Waals surface area contributed by atoms with Gasteiger partial charge in [-0.25, -0.2) is 9.18 Å². The average Bonchev–Trinajstić information content (AvgIpc) is 2.82. The van der Waals surface area contributed by atoms with Gasteiger partial charge in [0.2, 0.25) is 0 Å². The number of nitrogens with zero attached hydrogens (tertiary/aromatic N) is 1. The lowest BCUT2D eigenvalue weighted by Crippen LogP contribution is -2.52. The van der Waals surface area contributed by atoms with E-state index in [1.807, 2.05) is 19.1 Å². The highest BCUT2D eigenvalue weighted by Gasteiger charge is 2.38. The van der Waals surface area contributed by atoms with E-state index in [4.69, 9.17) is 9.47 Å². The lowest BCUT2D eigenvalue weighted by atomic mass is 9.91. The summed E-state index contributed by atoms with van der Waals surface area (Å²) in [5.74, 6) is -0.797. The van der Waals surface area contributed by atoms with Gasteiger partial charge in [-0.3, -0.25) is 4.79 Å². The number of hydrogen-bond acceptors (Lipinski definition) is 5. The number of nitrogens with one attached hydrogen (secondary N) is 1. The molecule has 1 heterocycles. The number of ether oxygens (including phenoxy) is 2. The number of aromatic carboxylic acids is 1. The fourth-order valence-electron chi connectivity index (χ4n) is 4.36. The van der Waals surface area contributed by atoms with E-state index in [0.29, 0.717) is 33.9 Å². The molecule has 182 valence electrons. The molecular weight excluding hydrogens is 451 g/mol. The van der Waals surface area contributed by atoms with Crippen molar-refractivity contribution in [3.8, 4) is 22.6 Å². The number of aryl methyl sites for hydroxylation is 1. The molecule has 1 aliphatic rings. The monoisotopic (exact) mass is 478 g/mol. The Balaban J connectivity index is 1.93. The highest BCUT2D eigenvalue weighted by molar-refractivity contribution is 6.09. The Morgan fingerprint density at radius 2 is 1.83 bits per heavy atom. The van der Waals surface area contributed by atoms with E-state index in [2.05, 4.69) is 5.32 Å². The quantitative estimate of drug-likeness (QED) is 0.503. The van der Waals surface area contributed by atoms with Crippen molar-refractivity contribution in [3.63, 3.8) is 0 Å². The number of anilines is 2. The molecule has 7 nitrogen and oxygen atoms in total. The van der Waals surface area contributed by atoms with E-state index < -0.39 is 17.3 Å². The highest BCUT2D eigenvalue weighted by Crippen LogP contribution is 2.44. The molecule has 1 amide bonds. The summed E-state index contributed by atoms with van der Waals surface area (Å²) >= 11 is 0. The summed E-state index contributed by atoms with van der Waals surface area (Å²) in [5, 5.41) is 12.8. The zero-order valence-electron chi connectivity index (χ0n) is 20.2. The summed E-state index contributed by atoms with van der Waals surface area (Å²) in [6, 6.07) is 12.6. The third-order valence-corrected chi connectivity index (χ3v) is 6.16. The second kappa shape index (κ2) is 8.94. The van der Waals surface area contributed by atoms with Gasteiger partial charge in [-0.1, -0.05) is 12.1 Å². The van der Waals surface area contributed by atoms with Crippen LogP contribution in [0.1, 0.15) is 35.3 Å². The molecule has 0 radical (unpaired) electrons. The van der Waals surface area contributed by atoms with Gasteiger partial charge in [-0.2, -0.15) is 0 Å². The lowest BCUT2D eigenvalue weighted by molar-refractivity contribution is -0.121. The van der Waals surface area contributed by atoms with Gasteiger partial charge in [0.1, 0.15) is 29.5 Å². The summed E-state index contributed by atoms with van der Waals surface area (Å²) in [4.78, 5) is 26.4. The van der Waals surface area contributed by atoms with Crippen molar-refractivity contribution in [1.29, 1.82) is 0 Å². The van der Waals surface area contributed by atoms with Crippen molar-refractivity contribution >= 4 is 23.3 Å². The minimum Gasteiger partial charge on any atom is -0.496 e. The zero-order valence-corrected chi connectivity index (χ0v) is 20.2. The van der Waals surface area contributed by atoms with E-state index in [9.17, 15) is 19.1 Å².